The lowest BCUT2D eigenvalue weighted by atomic mass is 10.2. The average molecular weight is 271 g/mol. The van der Waals surface area contributed by atoms with Crippen molar-refractivity contribution in [3.63, 3.8) is 0 Å². The van der Waals surface area contributed by atoms with Crippen LogP contribution in [-0.2, 0) is 4.79 Å². The first-order valence-corrected chi connectivity index (χ1v) is 6.32. The first-order valence-electron chi connectivity index (χ1n) is 6.32. The van der Waals surface area contributed by atoms with Crippen LogP contribution in [-0.4, -0.2) is 18.7 Å². The molecule has 0 atom stereocenters. The van der Waals surface area contributed by atoms with Gasteiger partial charge in [-0.2, -0.15) is 5.10 Å². The maximum Gasteiger partial charge on any atom is 0.259 e. The molecule has 2 rings (SSSR count). The van der Waals surface area contributed by atoms with Gasteiger partial charge in [0.05, 0.1) is 12.8 Å². The summed E-state index contributed by atoms with van der Waals surface area (Å²) in [7, 11) is 0. The van der Waals surface area contributed by atoms with Crippen molar-refractivity contribution in [2.75, 3.05) is 11.9 Å². The van der Waals surface area contributed by atoms with Crippen molar-refractivity contribution in [3.8, 4) is 0 Å². The monoisotopic (exact) mass is 271 g/mol. The van der Waals surface area contributed by atoms with Crippen LogP contribution in [0.15, 0.2) is 45.9 Å². The van der Waals surface area contributed by atoms with E-state index in [9.17, 15) is 4.79 Å². The summed E-state index contributed by atoms with van der Waals surface area (Å²) in [5.41, 5.74) is 4.51. The van der Waals surface area contributed by atoms with E-state index in [4.69, 9.17) is 4.42 Å². The van der Waals surface area contributed by atoms with Gasteiger partial charge in [-0.05, 0) is 38.1 Å². The molecule has 0 unspecified atom stereocenters. The molecule has 1 heterocycles. The molecule has 0 spiro atoms. The van der Waals surface area contributed by atoms with Crippen LogP contribution in [0.1, 0.15) is 17.1 Å². The van der Waals surface area contributed by atoms with E-state index in [0.717, 1.165) is 11.4 Å². The van der Waals surface area contributed by atoms with Gasteiger partial charge in [-0.3, -0.25) is 4.79 Å². The molecule has 0 aliphatic carbocycles. The number of amides is 1. The average Bonchev–Trinajstić information content (AvgIpc) is 2.84. The summed E-state index contributed by atoms with van der Waals surface area (Å²) in [4.78, 5) is 11.6. The molecule has 0 aliphatic heterocycles. The SMILES string of the molecule is Cc1ccc(NCC(=O)N/N=C/c2ccc(C)o2)cc1. The summed E-state index contributed by atoms with van der Waals surface area (Å²) >= 11 is 0. The van der Waals surface area contributed by atoms with Crippen LogP contribution in [0.2, 0.25) is 0 Å². The van der Waals surface area contributed by atoms with Gasteiger partial charge in [0.1, 0.15) is 11.5 Å². The normalized spacial score (nSPS) is 10.7. The fourth-order valence-corrected chi connectivity index (χ4v) is 1.58. The number of nitrogens with zero attached hydrogens (tertiary/aromatic N) is 1. The van der Waals surface area contributed by atoms with Gasteiger partial charge < -0.3 is 9.73 Å². The minimum absolute atomic E-state index is 0.164. The van der Waals surface area contributed by atoms with Crippen LogP contribution >= 0.6 is 0 Å². The lowest BCUT2D eigenvalue weighted by Crippen LogP contribution is -2.25. The molecule has 0 fully saturated rings. The first kappa shape index (κ1) is 13.9. The highest BCUT2D eigenvalue weighted by atomic mass is 16.3. The van der Waals surface area contributed by atoms with Gasteiger partial charge in [0, 0.05) is 5.69 Å². The van der Waals surface area contributed by atoms with E-state index >= 15 is 0 Å². The predicted octanol–water partition coefficient (Wildman–Crippen LogP) is 2.46. The van der Waals surface area contributed by atoms with Gasteiger partial charge in [0.2, 0.25) is 0 Å². The number of furan rings is 1. The molecule has 20 heavy (non-hydrogen) atoms. The van der Waals surface area contributed by atoms with Crippen molar-refractivity contribution < 1.29 is 9.21 Å². The van der Waals surface area contributed by atoms with E-state index in [1.807, 2.05) is 44.2 Å². The second-order valence-corrected chi connectivity index (χ2v) is 4.46. The number of anilines is 1. The van der Waals surface area contributed by atoms with Crippen molar-refractivity contribution in [2.45, 2.75) is 13.8 Å². The first-order chi connectivity index (χ1) is 9.63. The summed E-state index contributed by atoms with van der Waals surface area (Å²) in [6, 6.07) is 11.4. The lowest BCUT2D eigenvalue weighted by Gasteiger charge is -2.05. The molecule has 0 saturated carbocycles. The third kappa shape index (κ3) is 4.28. The zero-order valence-electron chi connectivity index (χ0n) is 11.5. The van der Waals surface area contributed by atoms with Crippen molar-refractivity contribution in [1.82, 2.24) is 5.43 Å². The topological polar surface area (TPSA) is 66.6 Å². The Morgan fingerprint density at radius 2 is 1.95 bits per heavy atom. The standard InChI is InChI=1S/C15H17N3O2/c1-11-3-6-13(7-4-11)16-10-15(19)18-17-9-14-8-5-12(2)20-14/h3-9,16H,10H2,1-2H3,(H,18,19)/b17-9+. The second kappa shape index (κ2) is 6.56. The lowest BCUT2D eigenvalue weighted by molar-refractivity contribution is -0.119. The highest BCUT2D eigenvalue weighted by molar-refractivity contribution is 5.83. The van der Waals surface area contributed by atoms with Crippen LogP contribution in [0.3, 0.4) is 0 Å². The van der Waals surface area contributed by atoms with Crippen LogP contribution in [0, 0.1) is 13.8 Å². The number of aryl methyl sites for hydroxylation is 2. The van der Waals surface area contributed by atoms with E-state index in [1.54, 1.807) is 6.07 Å². The number of hydrogen-bond donors (Lipinski definition) is 2. The minimum atomic E-state index is -0.217. The smallest absolute Gasteiger partial charge is 0.259 e. The molecule has 5 heteroatoms. The summed E-state index contributed by atoms with van der Waals surface area (Å²) in [5.74, 6) is 1.19. The molecule has 0 aliphatic rings. The molecular formula is C15H17N3O2. The number of carbonyl (C=O) groups is 1. The Balaban J connectivity index is 1.75. The van der Waals surface area contributed by atoms with Crippen LogP contribution in [0.5, 0.6) is 0 Å². The van der Waals surface area contributed by atoms with Gasteiger partial charge in [0.15, 0.2) is 0 Å². The van der Waals surface area contributed by atoms with E-state index in [-0.39, 0.29) is 12.5 Å². The molecule has 1 aromatic heterocycles. The summed E-state index contributed by atoms with van der Waals surface area (Å²) < 4.78 is 5.29. The molecule has 1 amide bonds. The summed E-state index contributed by atoms with van der Waals surface area (Å²) in [6.45, 7) is 4.03. The minimum Gasteiger partial charge on any atom is -0.460 e. The highest BCUT2D eigenvalue weighted by Crippen LogP contribution is 2.07. The molecule has 2 N–H and O–H groups in total. The predicted molar refractivity (Wildman–Crippen MR) is 78.9 cm³/mol. The Hall–Kier alpha value is -2.56. The Morgan fingerprint density at radius 3 is 2.60 bits per heavy atom. The third-order valence-corrected chi connectivity index (χ3v) is 2.65. The Bertz CT molecular complexity index is 600. The van der Waals surface area contributed by atoms with E-state index in [1.165, 1.54) is 11.8 Å². The fraction of sp³-hybridized carbons (Fsp3) is 0.200. The Kier molecular flexibility index (Phi) is 4.55. The summed E-state index contributed by atoms with van der Waals surface area (Å²) in [5, 5.41) is 6.84. The van der Waals surface area contributed by atoms with Gasteiger partial charge in [0.25, 0.3) is 5.91 Å². The van der Waals surface area contributed by atoms with Crippen molar-refractivity contribution in [1.29, 1.82) is 0 Å². The zero-order chi connectivity index (χ0) is 14.4. The number of rotatable bonds is 5. The van der Waals surface area contributed by atoms with E-state index in [0.29, 0.717) is 5.76 Å². The largest absolute Gasteiger partial charge is 0.460 e. The molecule has 1 aromatic carbocycles. The number of nitrogens with one attached hydrogen (secondary N) is 2. The van der Waals surface area contributed by atoms with Crippen LogP contribution in [0.4, 0.5) is 5.69 Å². The second-order valence-electron chi connectivity index (χ2n) is 4.46. The van der Waals surface area contributed by atoms with E-state index in [2.05, 4.69) is 15.8 Å². The van der Waals surface area contributed by atoms with Gasteiger partial charge in [-0.15, -0.1) is 0 Å². The molecule has 2 aromatic rings. The van der Waals surface area contributed by atoms with Gasteiger partial charge in [-0.1, -0.05) is 17.7 Å². The molecular weight excluding hydrogens is 254 g/mol. The molecule has 0 radical (unpaired) electrons. The fourth-order valence-electron chi connectivity index (χ4n) is 1.58. The zero-order valence-corrected chi connectivity index (χ0v) is 11.5. The number of hydrogen-bond acceptors (Lipinski definition) is 4. The molecule has 0 bridgehead atoms. The maximum absolute atomic E-state index is 11.6. The number of benzene rings is 1. The quantitative estimate of drug-likeness (QED) is 0.648. The third-order valence-electron chi connectivity index (χ3n) is 2.65. The van der Waals surface area contributed by atoms with Gasteiger partial charge in [-0.25, -0.2) is 5.43 Å². The molecule has 5 nitrogen and oxygen atoms in total. The Labute approximate surface area is 117 Å². The van der Waals surface area contributed by atoms with Crippen LogP contribution in [0.25, 0.3) is 0 Å². The van der Waals surface area contributed by atoms with Crippen molar-refractivity contribution in [2.24, 2.45) is 5.10 Å². The number of carbonyl (C=O) groups excluding carboxylic acids is 1. The van der Waals surface area contributed by atoms with Crippen molar-refractivity contribution >= 4 is 17.8 Å². The Morgan fingerprint density at radius 1 is 1.20 bits per heavy atom. The van der Waals surface area contributed by atoms with Crippen molar-refractivity contribution in [3.05, 3.63) is 53.5 Å². The maximum atomic E-state index is 11.6. The molecule has 0 saturated heterocycles. The van der Waals surface area contributed by atoms with Crippen LogP contribution < -0.4 is 10.7 Å². The molecule has 104 valence electrons. The number of hydrazone groups is 1. The van der Waals surface area contributed by atoms with Gasteiger partial charge >= 0.3 is 0 Å². The summed E-state index contributed by atoms with van der Waals surface area (Å²) in [6.07, 6.45) is 1.47. The highest BCUT2D eigenvalue weighted by Gasteiger charge is 1.99. The van der Waals surface area contributed by atoms with E-state index < -0.39 is 0 Å².